The van der Waals surface area contributed by atoms with Crippen LogP contribution in [0.15, 0.2) is 48.5 Å². The Kier molecular flexibility index (Phi) is 8.71. The Morgan fingerprint density at radius 3 is 1.97 bits per heavy atom. The first-order chi connectivity index (χ1) is 13.9. The molecule has 0 heterocycles. The number of carbonyl (C=O) groups is 2. The van der Waals surface area contributed by atoms with Crippen molar-refractivity contribution in [3.8, 4) is 5.75 Å². The van der Waals surface area contributed by atoms with Gasteiger partial charge in [0.25, 0.3) is 11.8 Å². The SMILES string of the molecule is CCCN(CCC)C(=O)c1ccc(NC(=O)c2ccc(OCC(C)C)cc2)cc1. The highest BCUT2D eigenvalue weighted by atomic mass is 16.5. The predicted molar refractivity (Wildman–Crippen MR) is 118 cm³/mol. The molecule has 0 saturated heterocycles. The highest BCUT2D eigenvalue weighted by Gasteiger charge is 2.14. The zero-order valence-corrected chi connectivity index (χ0v) is 17.9. The summed E-state index contributed by atoms with van der Waals surface area (Å²) in [5.74, 6) is 1.03. The Morgan fingerprint density at radius 2 is 1.45 bits per heavy atom. The van der Waals surface area contributed by atoms with Crippen LogP contribution in [0, 0.1) is 5.92 Å². The van der Waals surface area contributed by atoms with E-state index in [1.807, 2.05) is 4.90 Å². The molecule has 0 aromatic heterocycles. The number of anilines is 1. The maximum atomic E-state index is 12.6. The molecule has 2 amide bonds. The molecule has 5 nitrogen and oxygen atoms in total. The van der Waals surface area contributed by atoms with Crippen LogP contribution in [0.3, 0.4) is 0 Å². The van der Waals surface area contributed by atoms with Crippen molar-refractivity contribution in [1.29, 1.82) is 0 Å². The lowest BCUT2D eigenvalue weighted by atomic mass is 10.1. The molecule has 0 atom stereocenters. The fourth-order valence-electron chi connectivity index (χ4n) is 2.90. The summed E-state index contributed by atoms with van der Waals surface area (Å²) >= 11 is 0. The molecule has 2 aromatic carbocycles. The van der Waals surface area contributed by atoms with Crippen molar-refractivity contribution in [3.63, 3.8) is 0 Å². The Bertz CT molecular complexity index is 777. The van der Waals surface area contributed by atoms with Gasteiger partial charge in [0.05, 0.1) is 6.61 Å². The van der Waals surface area contributed by atoms with E-state index < -0.39 is 0 Å². The van der Waals surface area contributed by atoms with Crippen molar-refractivity contribution in [2.45, 2.75) is 40.5 Å². The third-order valence-corrected chi connectivity index (χ3v) is 4.36. The highest BCUT2D eigenvalue weighted by molar-refractivity contribution is 6.04. The standard InChI is InChI=1S/C24H32N2O3/c1-5-15-26(16-6-2)24(28)20-7-11-21(12-8-20)25-23(27)19-9-13-22(14-10-19)29-17-18(3)4/h7-14,18H,5-6,15-17H2,1-4H3,(H,25,27). The van der Waals surface area contributed by atoms with E-state index in [1.165, 1.54) is 0 Å². The van der Waals surface area contributed by atoms with E-state index in [4.69, 9.17) is 4.74 Å². The molecule has 0 spiro atoms. The largest absolute Gasteiger partial charge is 0.493 e. The van der Waals surface area contributed by atoms with E-state index in [9.17, 15) is 9.59 Å². The third-order valence-electron chi connectivity index (χ3n) is 4.36. The van der Waals surface area contributed by atoms with Crippen molar-refractivity contribution in [2.24, 2.45) is 5.92 Å². The summed E-state index contributed by atoms with van der Waals surface area (Å²) in [5, 5.41) is 2.87. The second-order valence-corrected chi connectivity index (χ2v) is 7.55. The van der Waals surface area contributed by atoms with Crippen LogP contribution in [0.2, 0.25) is 0 Å². The monoisotopic (exact) mass is 396 g/mol. The van der Waals surface area contributed by atoms with Crippen LogP contribution in [0.4, 0.5) is 5.69 Å². The molecule has 0 saturated carbocycles. The van der Waals surface area contributed by atoms with Crippen molar-refractivity contribution >= 4 is 17.5 Å². The molecule has 0 fully saturated rings. The van der Waals surface area contributed by atoms with Crippen molar-refractivity contribution in [2.75, 3.05) is 25.0 Å². The molecule has 156 valence electrons. The quantitative estimate of drug-likeness (QED) is 0.598. The van der Waals surface area contributed by atoms with Gasteiger partial charge in [-0.1, -0.05) is 27.7 Å². The second kappa shape index (κ2) is 11.2. The van der Waals surface area contributed by atoms with Crippen LogP contribution in [0.1, 0.15) is 61.3 Å². The number of hydrogen-bond acceptors (Lipinski definition) is 3. The van der Waals surface area contributed by atoms with Crippen molar-refractivity contribution < 1.29 is 14.3 Å². The maximum absolute atomic E-state index is 12.6. The normalized spacial score (nSPS) is 10.7. The first-order valence-corrected chi connectivity index (χ1v) is 10.4. The van der Waals surface area contributed by atoms with Gasteiger partial charge in [0.2, 0.25) is 0 Å². The average molecular weight is 397 g/mol. The molecule has 29 heavy (non-hydrogen) atoms. The molecule has 2 aromatic rings. The average Bonchev–Trinajstić information content (AvgIpc) is 2.72. The van der Waals surface area contributed by atoms with Gasteiger partial charge in [-0.15, -0.1) is 0 Å². The van der Waals surface area contributed by atoms with Crippen LogP contribution in [0.5, 0.6) is 5.75 Å². The van der Waals surface area contributed by atoms with Gasteiger partial charge in [0.1, 0.15) is 5.75 Å². The van der Waals surface area contributed by atoms with Gasteiger partial charge in [-0.3, -0.25) is 9.59 Å². The molecule has 0 bridgehead atoms. The smallest absolute Gasteiger partial charge is 0.255 e. The fourth-order valence-corrected chi connectivity index (χ4v) is 2.90. The molecule has 0 aliphatic carbocycles. The van der Waals surface area contributed by atoms with E-state index >= 15 is 0 Å². The second-order valence-electron chi connectivity index (χ2n) is 7.55. The molecule has 1 N–H and O–H groups in total. The van der Waals surface area contributed by atoms with Gasteiger partial charge in [0.15, 0.2) is 0 Å². The van der Waals surface area contributed by atoms with Crippen LogP contribution in [0.25, 0.3) is 0 Å². The number of hydrogen-bond donors (Lipinski definition) is 1. The molecular formula is C24H32N2O3. The number of carbonyl (C=O) groups excluding carboxylic acids is 2. The third kappa shape index (κ3) is 6.93. The molecule has 0 aliphatic rings. The van der Waals surface area contributed by atoms with E-state index in [0.717, 1.165) is 31.7 Å². The van der Waals surface area contributed by atoms with Crippen LogP contribution in [-0.4, -0.2) is 36.4 Å². The van der Waals surface area contributed by atoms with Gasteiger partial charge in [-0.25, -0.2) is 0 Å². The summed E-state index contributed by atoms with van der Waals surface area (Å²) in [6.07, 6.45) is 1.86. The molecule has 0 radical (unpaired) electrons. The zero-order chi connectivity index (χ0) is 21.2. The summed E-state index contributed by atoms with van der Waals surface area (Å²) in [7, 11) is 0. The number of ether oxygens (including phenoxy) is 1. The lowest BCUT2D eigenvalue weighted by Gasteiger charge is -2.21. The number of nitrogens with one attached hydrogen (secondary N) is 1. The van der Waals surface area contributed by atoms with Crippen LogP contribution >= 0.6 is 0 Å². The van der Waals surface area contributed by atoms with Gasteiger partial charge in [-0.05, 0) is 67.3 Å². The van der Waals surface area contributed by atoms with E-state index in [-0.39, 0.29) is 11.8 Å². The molecule has 5 heteroatoms. The van der Waals surface area contributed by atoms with Crippen LogP contribution < -0.4 is 10.1 Å². The van der Waals surface area contributed by atoms with E-state index in [2.05, 4.69) is 33.0 Å². The topological polar surface area (TPSA) is 58.6 Å². The Morgan fingerprint density at radius 1 is 0.897 bits per heavy atom. The minimum atomic E-state index is -0.196. The van der Waals surface area contributed by atoms with Gasteiger partial charge in [0, 0.05) is 29.9 Å². The summed E-state index contributed by atoms with van der Waals surface area (Å²) < 4.78 is 5.64. The summed E-state index contributed by atoms with van der Waals surface area (Å²) in [5.41, 5.74) is 1.85. The Balaban J connectivity index is 1.98. The van der Waals surface area contributed by atoms with Gasteiger partial charge < -0.3 is 15.0 Å². The molecule has 2 rings (SSSR count). The number of amides is 2. The number of benzene rings is 2. The van der Waals surface area contributed by atoms with Crippen molar-refractivity contribution in [1.82, 2.24) is 4.90 Å². The number of rotatable bonds is 10. The van der Waals surface area contributed by atoms with Gasteiger partial charge in [-0.2, -0.15) is 0 Å². The fraction of sp³-hybridized carbons (Fsp3) is 0.417. The highest BCUT2D eigenvalue weighted by Crippen LogP contribution is 2.16. The minimum Gasteiger partial charge on any atom is -0.493 e. The summed E-state index contributed by atoms with van der Waals surface area (Å²) in [4.78, 5) is 27.0. The van der Waals surface area contributed by atoms with Crippen molar-refractivity contribution in [3.05, 3.63) is 59.7 Å². The molecular weight excluding hydrogens is 364 g/mol. The van der Waals surface area contributed by atoms with Gasteiger partial charge >= 0.3 is 0 Å². The first-order valence-electron chi connectivity index (χ1n) is 10.4. The predicted octanol–water partition coefficient (Wildman–Crippen LogP) is 5.24. The van der Waals surface area contributed by atoms with E-state index in [1.54, 1.807) is 48.5 Å². The zero-order valence-electron chi connectivity index (χ0n) is 17.9. The first kappa shape index (κ1) is 22.5. The number of nitrogens with zero attached hydrogens (tertiary/aromatic N) is 1. The minimum absolute atomic E-state index is 0.0311. The summed E-state index contributed by atoms with van der Waals surface area (Å²) in [6.45, 7) is 10.5. The summed E-state index contributed by atoms with van der Waals surface area (Å²) in [6, 6.07) is 14.2. The maximum Gasteiger partial charge on any atom is 0.255 e. The molecule has 0 unspecified atom stereocenters. The Labute approximate surface area is 174 Å². The Hall–Kier alpha value is -2.82. The van der Waals surface area contributed by atoms with Crippen LogP contribution in [-0.2, 0) is 0 Å². The molecule has 0 aliphatic heterocycles. The lowest BCUT2D eigenvalue weighted by Crippen LogP contribution is -2.32. The van der Waals surface area contributed by atoms with E-state index in [0.29, 0.717) is 29.3 Å². The lowest BCUT2D eigenvalue weighted by molar-refractivity contribution is 0.0755.